The first-order chi connectivity index (χ1) is 8.41. The predicted molar refractivity (Wildman–Crippen MR) is 64.4 cm³/mol. The van der Waals surface area contributed by atoms with E-state index in [4.69, 9.17) is 20.6 Å². The van der Waals surface area contributed by atoms with E-state index < -0.39 is 15.0 Å². The van der Waals surface area contributed by atoms with Gasteiger partial charge < -0.3 is 4.42 Å². The fourth-order valence-electron chi connectivity index (χ4n) is 1.43. The highest BCUT2D eigenvalue weighted by molar-refractivity contribution is 7.86. The summed E-state index contributed by atoms with van der Waals surface area (Å²) in [7, 11) is -4.41. The molecule has 0 radical (unpaired) electrons. The molecule has 0 fully saturated rings. The van der Waals surface area contributed by atoms with Gasteiger partial charge in [0.1, 0.15) is 10.7 Å². The molecule has 0 aliphatic rings. The molecule has 94 valence electrons. The van der Waals surface area contributed by atoms with Crippen molar-refractivity contribution in [2.24, 2.45) is 0 Å². The van der Waals surface area contributed by atoms with E-state index in [1.807, 2.05) is 0 Å². The van der Waals surface area contributed by atoms with Crippen LogP contribution in [0.2, 0.25) is 5.02 Å². The molecule has 1 aromatic heterocycles. The summed E-state index contributed by atoms with van der Waals surface area (Å²) in [6.45, 7) is 0. The van der Waals surface area contributed by atoms with Gasteiger partial charge in [-0.3, -0.25) is 9.35 Å². The Kier molecular flexibility index (Phi) is 3.25. The summed E-state index contributed by atoms with van der Waals surface area (Å²) in [5, 5.41) is -0.0941. The summed E-state index contributed by atoms with van der Waals surface area (Å²) in [5.41, 5.74) is 0.389. The minimum absolute atomic E-state index is 0.0941. The number of carbonyl (C=O) groups is 1. The van der Waals surface area contributed by atoms with Crippen molar-refractivity contribution in [3.8, 4) is 11.3 Å². The van der Waals surface area contributed by atoms with Gasteiger partial charge >= 0.3 is 0 Å². The second-order valence-electron chi connectivity index (χ2n) is 3.44. The Hall–Kier alpha value is -1.63. The Labute approximate surface area is 108 Å². The van der Waals surface area contributed by atoms with Crippen LogP contribution in [0.5, 0.6) is 0 Å². The first kappa shape index (κ1) is 12.8. The normalized spacial score (nSPS) is 11.4. The lowest BCUT2D eigenvalue weighted by molar-refractivity contribution is 0.110. The number of hydrogen-bond donors (Lipinski definition) is 1. The number of benzene rings is 1. The van der Waals surface area contributed by atoms with Crippen molar-refractivity contribution in [1.29, 1.82) is 0 Å². The van der Waals surface area contributed by atoms with Crippen molar-refractivity contribution in [3.05, 3.63) is 41.1 Å². The van der Waals surface area contributed by atoms with E-state index in [1.54, 1.807) is 0 Å². The highest BCUT2D eigenvalue weighted by Crippen LogP contribution is 2.29. The fraction of sp³-hybridized carbons (Fsp3) is 0. The standard InChI is InChI=1S/C11H7ClO5S/c12-9-3-1-7(5-11(9)18(14,15)16)10-4-2-8(6-13)17-10/h1-6H,(H,14,15,16). The quantitative estimate of drug-likeness (QED) is 0.692. The van der Waals surface area contributed by atoms with Gasteiger partial charge in [-0.15, -0.1) is 0 Å². The average molecular weight is 287 g/mol. The molecule has 5 nitrogen and oxygen atoms in total. The molecule has 1 N–H and O–H groups in total. The molecule has 0 atom stereocenters. The smallest absolute Gasteiger partial charge is 0.296 e. The van der Waals surface area contributed by atoms with E-state index in [-0.39, 0.29) is 10.8 Å². The number of halogens is 1. The van der Waals surface area contributed by atoms with E-state index in [0.29, 0.717) is 17.6 Å². The first-order valence-electron chi connectivity index (χ1n) is 4.74. The maximum absolute atomic E-state index is 11.1. The molecule has 0 unspecified atom stereocenters. The number of carbonyl (C=O) groups excluding carboxylic acids is 1. The summed E-state index contributed by atoms with van der Waals surface area (Å²) in [6.07, 6.45) is 0.531. The van der Waals surface area contributed by atoms with Gasteiger partial charge in [-0.2, -0.15) is 8.42 Å². The maximum Gasteiger partial charge on any atom is 0.296 e. The number of furan rings is 1. The fourth-order valence-corrected chi connectivity index (χ4v) is 2.43. The molecule has 2 rings (SSSR count). The van der Waals surface area contributed by atoms with Crippen molar-refractivity contribution < 1.29 is 22.2 Å². The van der Waals surface area contributed by atoms with E-state index in [9.17, 15) is 13.2 Å². The van der Waals surface area contributed by atoms with Crippen LogP contribution in [0.15, 0.2) is 39.6 Å². The largest absolute Gasteiger partial charge is 0.453 e. The van der Waals surface area contributed by atoms with Gasteiger partial charge in [0.25, 0.3) is 10.1 Å². The molecule has 0 spiro atoms. The minimum atomic E-state index is -4.41. The number of hydrogen-bond acceptors (Lipinski definition) is 4. The zero-order valence-electron chi connectivity index (χ0n) is 8.83. The Balaban J connectivity index is 2.57. The molecule has 2 aromatic rings. The van der Waals surface area contributed by atoms with Crippen LogP contribution in [-0.4, -0.2) is 19.3 Å². The Morgan fingerprint density at radius 3 is 2.50 bits per heavy atom. The Morgan fingerprint density at radius 2 is 1.94 bits per heavy atom. The number of rotatable bonds is 3. The van der Waals surface area contributed by atoms with Gasteiger partial charge in [0.05, 0.1) is 5.02 Å². The molecule has 0 aliphatic heterocycles. The summed E-state index contributed by atoms with van der Waals surface area (Å²) in [4.78, 5) is 10.1. The molecule has 0 amide bonds. The van der Waals surface area contributed by atoms with Gasteiger partial charge in [-0.25, -0.2) is 0 Å². The molecule has 0 bridgehead atoms. The van der Waals surface area contributed by atoms with Crippen LogP contribution in [0, 0.1) is 0 Å². The third kappa shape index (κ3) is 2.45. The summed E-state index contributed by atoms with van der Waals surface area (Å²) in [5.74, 6) is 0.423. The van der Waals surface area contributed by atoms with Crippen LogP contribution >= 0.6 is 11.6 Å². The van der Waals surface area contributed by atoms with Crippen molar-refractivity contribution in [1.82, 2.24) is 0 Å². The van der Waals surface area contributed by atoms with Crippen molar-refractivity contribution in [2.75, 3.05) is 0 Å². The lowest BCUT2D eigenvalue weighted by Crippen LogP contribution is -1.99. The highest BCUT2D eigenvalue weighted by atomic mass is 35.5. The second-order valence-corrected chi connectivity index (χ2v) is 5.24. The van der Waals surface area contributed by atoms with E-state index in [2.05, 4.69) is 0 Å². The third-order valence-electron chi connectivity index (χ3n) is 2.24. The topological polar surface area (TPSA) is 84.6 Å². The van der Waals surface area contributed by atoms with Gasteiger partial charge in [0.2, 0.25) is 0 Å². The zero-order valence-corrected chi connectivity index (χ0v) is 10.4. The highest BCUT2D eigenvalue weighted by Gasteiger charge is 2.16. The SMILES string of the molecule is O=Cc1ccc(-c2ccc(Cl)c(S(=O)(=O)O)c2)o1. The maximum atomic E-state index is 11.1. The third-order valence-corrected chi connectivity index (χ3v) is 3.57. The molecular formula is C11H7ClO5S. The molecular weight excluding hydrogens is 280 g/mol. The van der Waals surface area contributed by atoms with E-state index in [1.165, 1.54) is 30.3 Å². The van der Waals surface area contributed by atoms with Crippen LogP contribution in [0.1, 0.15) is 10.6 Å². The first-order valence-corrected chi connectivity index (χ1v) is 6.56. The van der Waals surface area contributed by atoms with Gasteiger partial charge in [0.15, 0.2) is 12.0 Å². The molecule has 18 heavy (non-hydrogen) atoms. The van der Waals surface area contributed by atoms with Crippen LogP contribution in [0.3, 0.4) is 0 Å². The van der Waals surface area contributed by atoms with Crippen molar-refractivity contribution in [3.63, 3.8) is 0 Å². The average Bonchev–Trinajstić information content (AvgIpc) is 2.76. The Morgan fingerprint density at radius 1 is 1.22 bits per heavy atom. The minimum Gasteiger partial charge on any atom is -0.453 e. The zero-order chi connectivity index (χ0) is 13.3. The summed E-state index contributed by atoms with van der Waals surface area (Å²) < 4.78 is 36.3. The summed E-state index contributed by atoms with van der Waals surface area (Å²) >= 11 is 5.67. The monoisotopic (exact) mass is 286 g/mol. The summed E-state index contributed by atoms with van der Waals surface area (Å²) in [6, 6.07) is 6.98. The number of aldehydes is 1. The second kappa shape index (κ2) is 4.56. The molecule has 1 aromatic carbocycles. The molecule has 0 saturated heterocycles. The molecule has 0 saturated carbocycles. The molecule has 7 heteroatoms. The van der Waals surface area contributed by atoms with Crippen LogP contribution in [0.4, 0.5) is 0 Å². The van der Waals surface area contributed by atoms with Crippen LogP contribution < -0.4 is 0 Å². The van der Waals surface area contributed by atoms with Crippen molar-refractivity contribution >= 4 is 28.0 Å². The molecule has 1 heterocycles. The van der Waals surface area contributed by atoms with Crippen LogP contribution in [-0.2, 0) is 10.1 Å². The van der Waals surface area contributed by atoms with Gasteiger partial charge in [-0.05, 0) is 30.3 Å². The van der Waals surface area contributed by atoms with E-state index in [0.717, 1.165) is 0 Å². The lowest BCUT2D eigenvalue weighted by atomic mass is 10.2. The lowest BCUT2D eigenvalue weighted by Gasteiger charge is -2.03. The van der Waals surface area contributed by atoms with Crippen molar-refractivity contribution in [2.45, 2.75) is 4.90 Å². The predicted octanol–water partition coefficient (Wildman–Crippen LogP) is 2.66. The Bertz CT molecular complexity index is 702. The van der Waals surface area contributed by atoms with Gasteiger partial charge in [0, 0.05) is 5.56 Å². The molecule has 0 aliphatic carbocycles. The van der Waals surface area contributed by atoms with Gasteiger partial charge in [-0.1, -0.05) is 11.6 Å². The van der Waals surface area contributed by atoms with Crippen LogP contribution in [0.25, 0.3) is 11.3 Å². The van der Waals surface area contributed by atoms with E-state index >= 15 is 0 Å².